The molecular weight excluding hydrogens is 236 g/mol. The average Bonchev–Trinajstić information content (AvgIpc) is 3.02. The van der Waals surface area contributed by atoms with Crippen LogP contribution in [0.15, 0.2) is 34.9 Å². The summed E-state index contributed by atoms with van der Waals surface area (Å²) < 4.78 is 5.60. The third kappa shape index (κ3) is 2.67. The van der Waals surface area contributed by atoms with Gasteiger partial charge in [0, 0.05) is 30.6 Å². The van der Waals surface area contributed by atoms with Gasteiger partial charge in [-0.15, -0.1) is 0 Å². The predicted octanol–water partition coefficient (Wildman–Crippen LogP) is 2.86. The Morgan fingerprint density at radius 2 is 2.11 bits per heavy atom. The molecule has 0 saturated heterocycles. The van der Waals surface area contributed by atoms with E-state index >= 15 is 0 Å². The first kappa shape index (κ1) is 12.7. The monoisotopic (exact) mass is 258 g/mol. The molecule has 3 rings (SSSR count). The van der Waals surface area contributed by atoms with E-state index < -0.39 is 0 Å². The van der Waals surface area contributed by atoms with Crippen molar-refractivity contribution in [2.24, 2.45) is 5.41 Å². The second kappa shape index (κ2) is 4.99. The van der Waals surface area contributed by atoms with Crippen LogP contribution in [-0.2, 0) is 6.54 Å². The fourth-order valence-electron chi connectivity index (χ4n) is 3.02. The molecule has 0 amide bonds. The smallest absolute Gasteiger partial charge is 0.134 e. The van der Waals surface area contributed by atoms with E-state index in [1.807, 2.05) is 25.4 Å². The fraction of sp³-hybridized carbons (Fsp3) is 0.500. The van der Waals surface area contributed by atoms with Crippen LogP contribution < -0.4 is 5.32 Å². The van der Waals surface area contributed by atoms with E-state index in [2.05, 4.69) is 29.4 Å². The number of benzene rings is 1. The molecule has 1 fully saturated rings. The summed E-state index contributed by atoms with van der Waals surface area (Å²) in [5.41, 5.74) is 2.80. The van der Waals surface area contributed by atoms with Gasteiger partial charge in [0.1, 0.15) is 5.58 Å². The lowest BCUT2D eigenvalue weighted by Gasteiger charge is -2.23. The van der Waals surface area contributed by atoms with Gasteiger partial charge in [0.15, 0.2) is 0 Å². The van der Waals surface area contributed by atoms with E-state index in [1.165, 1.54) is 23.8 Å². The highest BCUT2D eigenvalue weighted by Crippen LogP contribution is 2.45. The molecule has 1 aliphatic rings. The van der Waals surface area contributed by atoms with Crippen LogP contribution in [0, 0.1) is 5.41 Å². The van der Waals surface area contributed by atoms with E-state index in [4.69, 9.17) is 4.42 Å². The maximum atomic E-state index is 5.60. The summed E-state index contributed by atoms with van der Waals surface area (Å²) in [5, 5.41) is 4.56. The lowest BCUT2D eigenvalue weighted by Crippen LogP contribution is -2.32. The minimum atomic E-state index is 0.517. The van der Waals surface area contributed by atoms with Gasteiger partial charge in [-0.25, -0.2) is 0 Å². The van der Waals surface area contributed by atoms with Gasteiger partial charge < -0.3 is 14.6 Å². The quantitative estimate of drug-likeness (QED) is 0.863. The Morgan fingerprint density at radius 3 is 2.84 bits per heavy atom. The second-order valence-electron chi connectivity index (χ2n) is 5.96. The van der Waals surface area contributed by atoms with Gasteiger partial charge in [0.2, 0.25) is 0 Å². The number of rotatable bonds is 6. The van der Waals surface area contributed by atoms with Crippen molar-refractivity contribution in [3.63, 3.8) is 0 Å². The summed E-state index contributed by atoms with van der Waals surface area (Å²) >= 11 is 0. The largest absolute Gasteiger partial charge is 0.464 e. The molecule has 1 N–H and O–H groups in total. The third-order valence-corrected chi connectivity index (χ3v) is 4.12. The molecule has 1 heterocycles. The Labute approximate surface area is 114 Å². The van der Waals surface area contributed by atoms with Gasteiger partial charge >= 0.3 is 0 Å². The minimum Gasteiger partial charge on any atom is -0.464 e. The van der Waals surface area contributed by atoms with Crippen molar-refractivity contribution in [1.29, 1.82) is 0 Å². The van der Waals surface area contributed by atoms with Gasteiger partial charge in [0.05, 0.1) is 6.26 Å². The van der Waals surface area contributed by atoms with Gasteiger partial charge in [-0.2, -0.15) is 0 Å². The highest BCUT2D eigenvalue weighted by molar-refractivity contribution is 5.80. The molecule has 1 aliphatic carbocycles. The van der Waals surface area contributed by atoms with Crippen LogP contribution in [0.1, 0.15) is 18.4 Å². The molecule has 3 nitrogen and oxygen atoms in total. The molecule has 1 aromatic heterocycles. The molecule has 0 bridgehead atoms. The van der Waals surface area contributed by atoms with Crippen molar-refractivity contribution in [2.75, 3.05) is 27.2 Å². The van der Waals surface area contributed by atoms with E-state index in [9.17, 15) is 0 Å². The second-order valence-corrected chi connectivity index (χ2v) is 5.96. The fourth-order valence-corrected chi connectivity index (χ4v) is 3.02. The average molecular weight is 258 g/mol. The molecule has 1 saturated carbocycles. The van der Waals surface area contributed by atoms with Crippen molar-refractivity contribution in [1.82, 2.24) is 10.2 Å². The summed E-state index contributed by atoms with van der Waals surface area (Å²) in [5.74, 6) is 0. The molecule has 0 radical (unpaired) electrons. The first-order valence-corrected chi connectivity index (χ1v) is 7.01. The van der Waals surface area contributed by atoms with E-state index in [1.54, 1.807) is 0 Å². The van der Waals surface area contributed by atoms with Crippen LogP contribution in [-0.4, -0.2) is 32.1 Å². The number of fused-ring (bicyclic) bond motifs is 1. The lowest BCUT2D eigenvalue weighted by atomic mass is 10.1. The molecule has 0 spiro atoms. The van der Waals surface area contributed by atoms with Crippen LogP contribution in [0.25, 0.3) is 11.0 Å². The zero-order valence-corrected chi connectivity index (χ0v) is 11.8. The third-order valence-electron chi connectivity index (χ3n) is 4.12. The zero-order valence-electron chi connectivity index (χ0n) is 11.8. The predicted molar refractivity (Wildman–Crippen MR) is 78.1 cm³/mol. The van der Waals surface area contributed by atoms with Crippen molar-refractivity contribution in [3.05, 3.63) is 36.1 Å². The van der Waals surface area contributed by atoms with Crippen LogP contribution in [0.4, 0.5) is 0 Å². The maximum absolute atomic E-state index is 5.60. The first-order chi connectivity index (χ1) is 9.22. The lowest BCUT2D eigenvalue weighted by molar-refractivity contribution is 0.252. The summed E-state index contributed by atoms with van der Waals surface area (Å²) in [7, 11) is 4.25. The molecular formula is C16H22N2O. The summed E-state index contributed by atoms with van der Waals surface area (Å²) in [4.78, 5) is 2.42. The summed E-state index contributed by atoms with van der Waals surface area (Å²) in [6.45, 7) is 3.25. The maximum Gasteiger partial charge on any atom is 0.134 e. The molecule has 3 heteroatoms. The standard InChI is InChI=1S/C16H22N2O/c1-17-11-16(7-8-16)12-18(2)9-13-10-19-15-6-4-3-5-14(13)15/h3-6,10,17H,7-9,11-12H2,1-2H3. The number of hydrogen-bond acceptors (Lipinski definition) is 3. The number of nitrogens with zero attached hydrogens (tertiary/aromatic N) is 1. The Morgan fingerprint density at radius 1 is 1.32 bits per heavy atom. The van der Waals surface area contributed by atoms with Crippen LogP contribution in [0.2, 0.25) is 0 Å². The Balaban J connectivity index is 1.68. The SMILES string of the molecule is CNCC1(CN(C)Cc2coc3ccccc23)CC1. The van der Waals surface area contributed by atoms with Crippen LogP contribution >= 0.6 is 0 Å². The number of para-hydroxylation sites is 1. The van der Waals surface area contributed by atoms with E-state index in [0.717, 1.165) is 25.2 Å². The topological polar surface area (TPSA) is 28.4 Å². The Bertz CT molecular complexity index is 557. The molecule has 0 aliphatic heterocycles. The minimum absolute atomic E-state index is 0.517. The van der Waals surface area contributed by atoms with Crippen molar-refractivity contribution in [2.45, 2.75) is 19.4 Å². The molecule has 19 heavy (non-hydrogen) atoms. The molecule has 0 atom stereocenters. The Hall–Kier alpha value is -1.32. The van der Waals surface area contributed by atoms with Gasteiger partial charge in [-0.05, 0) is 38.4 Å². The van der Waals surface area contributed by atoms with E-state index in [0.29, 0.717) is 5.41 Å². The number of furan rings is 1. The zero-order chi connectivity index (χ0) is 13.3. The highest BCUT2D eigenvalue weighted by atomic mass is 16.3. The van der Waals surface area contributed by atoms with Crippen molar-refractivity contribution >= 4 is 11.0 Å². The highest BCUT2D eigenvalue weighted by Gasteiger charge is 2.42. The summed E-state index contributed by atoms with van der Waals surface area (Å²) in [6.07, 6.45) is 4.60. The summed E-state index contributed by atoms with van der Waals surface area (Å²) in [6, 6.07) is 8.26. The molecule has 102 valence electrons. The van der Waals surface area contributed by atoms with Crippen molar-refractivity contribution < 1.29 is 4.42 Å². The normalized spacial score (nSPS) is 17.2. The molecule has 1 aromatic carbocycles. The number of hydrogen-bond donors (Lipinski definition) is 1. The van der Waals surface area contributed by atoms with Crippen LogP contribution in [0.3, 0.4) is 0 Å². The van der Waals surface area contributed by atoms with Gasteiger partial charge in [0.25, 0.3) is 0 Å². The molecule has 2 aromatic rings. The van der Waals surface area contributed by atoms with Gasteiger partial charge in [-0.3, -0.25) is 0 Å². The first-order valence-electron chi connectivity index (χ1n) is 7.01. The van der Waals surface area contributed by atoms with Gasteiger partial charge in [-0.1, -0.05) is 18.2 Å². The Kier molecular flexibility index (Phi) is 3.33. The van der Waals surface area contributed by atoms with Crippen molar-refractivity contribution in [3.8, 4) is 0 Å². The molecule has 0 unspecified atom stereocenters. The van der Waals surface area contributed by atoms with Crippen LogP contribution in [0.5, 0.6) is 0 Å². The number of nitrogens with one attached hydrogen (secondary N) is 1. The van der Waals surface area contributed by atoms with E-state index in [-0.39, 0.29) is 0 Å².